The molecule has 23 heavy (non-hydrogen) atoms. The van der Waals surface area contributed by atoms with Gasteiger partial charge in [-0.3, -0.25) is 4.99 Å². The van der Waals surface area contributed by atoms with E-state index in [-0.39, 0.29) is 12.4 Å². The monoisotopic (exact) mass is 339 g/mol. The van der Waals surface area contributed by atoms with Crippen molar-refractivity contribution >= 4 is 22.8 Å². The highest BCUT2D eigenvalue weighted by Crippen LogP contribution is 2.31. The van der Waals surface area contributed by atoms with Crippen LogP contribution in [0.1, 0.15) is 31.2 Å². The third kappa shape index (κ3) is 5.14. The van der Waals surface area contributed by atoms with E-state index in [0.29, 0.717) is 28.7 Å². The van der Waals surface area contributed by atoms with Gasteiger partial charge >= 0.3 is 5.97 Å². The zero-order valence-corrected chi connectivity index (χ0v) is 13.6. The van der Waals surface area contributed by atoms with Gasteiger partial charge in [-0.15, -0.1) is 11.8 Å². The molecule has 0 radical (unpaired) electrons. The Bertz CT molecular complexity index is 576. The van der Waals surface area contributed by atoms with Crippen molar-refractivity contribution in [1.29, 1.82) is 0 Å². The molecule has 0 bridgehead atoms. The van der Waals surface area contributed by atoms with Crippen molar-refractivity contribution in [2.24, 2.45) is 4.99 Å². The van der Waals surface area contributed by atoms with Gasteiger partial charge in [-0.05, 0) is 31.4 Å². The lowest BCUT2D eigenvalue weighted by Gasteiger charge is -2.09. The number of aliphatic hydroxyl groups is 1. The molecule has 1 heterocycles. The number of carbonyl (C=O) groups is 1. The number of aliphatic imine (C=N–C) groups is 1. The van der Waals surface area contributed by atoms with E-state index in [9.17, 15) is 9.90 Å². The zero-order chi connectivity index (χ0) is 16.7. The average molecular weight is 339 g/mol. The molecule has 1 aromatic carbocycles. The van der Waals surface area contributed by atoms with Crippen molar-refractivity contribution < 1.29 is 24.9 Å². The number of aliphatic carboxylic acids is 1. The molecule has 1 aliphatic heterocycles. The number of rotatable bonds is 9. The number of thioether (sulfide) groups is 1. The second kappa shape index (κ2) is 8.79. The number of phenolic OH excluding ortho intramolecular Hbond substituents is 1. The number of nitrogens with zero attached hydrogens (tertiary/aromatic N) is 1. The molecule has 1 aromatic rings. The van der Waals surface area contributed by atoms with E-state index >= 15 is 0 Å². The number of carboxylic acid groups (broad SMARTS) is 1. The molecule has 0 fully saturated rings. The Morgan fingerprint density at radius 1 is 1.30 bits per heavy atom. The molecule has 126 valence electrons. The van der Waals surface area contributed by atoms with Crippen molar-refractivity contribution in [2.45, 2.75) is 31.7 Å². The molecule has 2 rings (SSSR count). The summed E-state index contributed by atoms with van der Waals surface area (Å²) in [5.74, 6) is 0.0518. The first-order valence-electron chi connectivity index (χ1n) is 7.62. The topological polar surface area (TPSA) is 99.4 Å². The number of aromatic hydroxyl groups is 1. The van der Waals surface area contributed by atoms with Gasteiger partial charge in [0.2, 0.25) is 0 Å². The second-order valence-corrected chi connectivity index (χ2v) is 6.27. The summed E-state index contributed by atoms with van der Waals surface area (Å²) in [7, 11) is 0. The number of ether oxygens (including phenoxy) is 1. The predicted molar refractivity (Wildman–Crippen MR) is 89.6 cm³/mol. The molecule has 0 aromatic heterocycles. The summed E-state index contributed by atoms with van der Waals surface area (Å²) in [5.41, 5.74) is 0.536. The summed E-state index contributed by atoms with van der Waals surface area (Å²) in [6, 6.07) is 4.23. The largest absolute Gasteiger partial charge is 0.507 e. The number of aliphatic hydroxyl groups excluding tert-OH is 1. The van der Waals surface area contributed by atoms with Crippen molar-refractivity contribution in [2.75, 3.05) is 19.0 Å². The normalized spacial score (nSPS) is 17.1. The molecule has 0 aliphatic carbocycles. The molecule has 3 N–H and O–H groups in total. The maximum absolute atomic E-state index is 10.9. The van der Waals surface area contributed by atoms with Crippen LogP contribution in [0.4, 0.5) is 0 Å². The van der Waals surface area contributed by atoms with Gasteiger partial charge in [0.1, 0.15) is 16.5 Å². The standard InChI is InChI=1S/C16H21NO5S/c18-7-3-1-2-4-8-22-11-5-6-12(14(19)9-11)15-17-13(10-23-15)16(20)21/h5-6,9,13,18-19H,1-4,7-8,10H2,(H,20,21)/t13-/m1/s1. The smallest absolute Gasteiger partial charge is 0.329 e. The molecule has 0 saturated heterocycles. The molecule has 6 nitrogen and oxygen atoms in total. The SMILES string of the molecule is O=C(O)[C@H]1CSC(c2ccc(OCCCCCCO)cc2O)=N1. The first-order valence-corrected chi connectivity index (χ1v) is 8.61. The van der Waals surface area contributed by atoms with Gasteiger partial charge in [0, 0.05) is 24.0 Å². The first kappa shape index (κ1) is 17.6. The van der Waals surface area contributed by atoms with E-state index in [2.05, 4.69) is 4.99 Å². The van der Waals surface area contributed by atoms with Crippen LogP contribution in [0.2, 0.25) is 0 Å². The average Bonchev–Trinajstić information content (AvgIpc) is 3.01. The van der Waals surface area contributed by atoms with Crippen LogP contribution in [-0.4, -0.2) is 51.3 Å². The van der Waals surface area contributed by atoms with Crippen molar-refractivity contribution in [1.82, 2.24) is 0 Å². The molecule has 1 atom stereocenters. The number of benzene rings is 1. The Hall–Kier alpha value is -1.73. The zero-order valence-electron chi connectivity index (χ0n) is 12.8. The van der Waals surface area contributed by atoms with Gasteiger partial charge in [-0.2, -0.15) is 0 Å². The molecular weight excluding hydrogens is 318 g/mol. The van der Waals surface area contributed by atoms with Crippen LogP contribution in [0.15, 0.2) is 23.2 Å². The Labute approximate surface area is 139 Å². The fraction of sp³-hybridized carbons (Fsp3) is 0.500. The van der Waals surface area contributed by atoms with Crippen LogP contribution < -0.4 is 4.74 Å². The summed E-state index contributed by atoms with van der Waals surface area (Å²) < 4.78 is 5.58. The summed E-state index contributed by atoms with van der Waals surface area (Å²) in [5, 5.41) is 28.3. The van der Waals surface area contributed by atoms with Gasteiger partial charge in [0.05, 0.1) is 6.61 Å². The molecule has 1 aliphatic rings. The lowest BCUT2D eigenvalue weighted by Crippen LogP contribution is -2.17. The van der Waals surface area contributed by atoms with E-state index in [1.807, 2.05) is 0 Å². The fourth-order valence-electron chi connectivity index (χ4n) is 2.19. The lowest BCUT2D eigenvalue weighted by molar-refractivity contribution is -0.137. The van der Waals surface area contributed by atoms with Crippen molar-refractivity contribution in [3.05, 3.63) is 23.8 Å². The summed E-state index contributed by atoms with van der Waals surface area (Å²) in [6.07, 6.45) is 3.68. The van der Waals surface area contributed by atoms with Gasteiger partial charge in [-0.1, -0.05) is 6.42 Å². The quantitative estimate of drug-likeness (QED) is 0.597. The van der Waals surface area contributed by atoms with Crippen LogP contribution in [0.5, 0.6) is 11.5 Å². The van der Waals surface area contributed by atoms with Crippen LogP contribution in [0.3, 0.4) is 0 Å². The highest BCUT2D eigenvalue weighted by Gasteiger charge is 2.26. The van der Waals surface area contributed by atoms with Gasteiger partial charge in [-0.25, -0.2) is 4.79 Å². The van der Waals surface area contributed by atoms with Crippen molar-refractivity contribution in [3.8, 4) is 11.5 Å². The van der Waals surface area contributed by atoms with Crippen LogP contribution in [0, 0.1) is 0 Å². The van der Waals surface area contributed by atoms with Crippen LogP contribution in [-0.2, 0) is 4.79 Å². The minimum absolute atomic E-state index is 0.0417. The Morgan fingerprint density at radius 2 is 2.09 bits per heavy atom. The van der Waals surface area contributed by atoms with Crippen LogP contribution in [0.25, 0.3) is 0 Å². The predicted octanol–water partition coefficient (Wildman–Crippen LogP) is 2.27. The molecule has 0 saturated carbocycles. The molecule has 0 unspecified atom stereocenters. The summed E-state index contributed by atoms with van der Waals surface area (Å²) in [4.78, 5) is 15.0. The molecular formula is C16H21NO5S. The third-order valence-corrected chi connectivity index (χ3v) is 4.54. The van der Waals surface area contributed by atoms with Crippen LogP contribution >= 0.6 is 11.8 Å². The van der Waals surface area contributed by atoms with E-state index in [1.54, 1.807) is 12.1 Å². The Morgan fingerprint density at radius 3 is 2.74 bits per heavy atom. The highest BCUT2D eigenvalue weighted by molar-refractivity contribution is 8.14. The number of carboxylic acids is 1. The number of hydrogen-bond donors (Lipinski definition) is 3. The minimum Gasteiger partial charge on any atom is -0.507 e. The van der Waals surface area contributed by atoms with Gasteiger partial charge in [0.15, 0.2) is 6.04 Å². The van der Waals surface area contributed by atoms with Gasteiger partial charge < -0.3 is 20.1 Å². The molecule has 7 heteroatoms. The lowest BCUT2D eigenvalue weighted by atomic mass is 10.2. The van der Waals surface area contributed by atoms with E-state index in [1.165, 1.54) is 17.8 Å². The maximum Gasteiger partial charge on any atom is 0.329 e. The number of phenols is 1. The molecule has 0 spiro atoms. The fourth-order valence-corrected chi connectivity index (χ4v) is 3.25. The summed E-state index contributed by atoms with van der Waals surface area (Å²) in [6.45, 7) is 0.780. The highest BCUT2D eigenvalue weighted by atomic mass is 32.2. The van der Waals surface area contributed by atoms with E-state index in [0.717, 1.165) is 25.7 Å². The number of unbranched alkanes of at least 4 members (excludes halogenated alkanes) is 3. The first-order chi connectivity index (χ1) is 11.1. The summed E-state index contributed by atoms with van der Waals surface area (Å²) >= 11 is 1.33. The van der Waals surface area contributed by atoms with Crippen molar-refractivity contribution in [3.63, 3.8) is 0 Å². The minimum atomic E-state index is -0.951. The maximum atomic E-state index is 10.9. The Kier molecular flexibility index (Phi) is 6.73. The molecule has 0 amide bonds. The van der Waals surface area contributed by atoms with E-state index in [4.69, 9.17) is 14.9 Å². The second-order valence-electron chi connectivity index (χ2n) is 5.26. The van der Waals surface area contributed by atoms with Gasteiger partial charge in [0.25, 0.3) is 0 Å². The Balaban J connectivity index is 1.88. The number of hydrogen-bond acceptors (Lipinski definition) is 6. The third-order valence-electron chi connectivity index (χ3n) is 3.46. The van der Waals surface area contributed by atoms with E-state index < -0.39 is 12.0 Å².